The Balaban J connectivity index is 1.58. The van der Waals surface area contributed by atoms with Crippen molar-refractivity contribution in [2.24, 2.45) is 0 Å². The van der Waals surface area contributed by atoms with E-state index in [1.165, 1.54) is 13.2 Å². The summed E-state index contributed by atoms with van der Waals surface area (Å²) in [6.07, 6.45) is 2.17. The number of hydrogen-bond acceptors (Lipinski definition) is 5. The number of methoxy groups -OCH3 is 1. The summed E-state index contributed by atoms with van der Waals surface area (Å²) in [5.41, 5.74) is 1.33. The summed E-state index contributed by atoms with van der Waals surface area (Å²) in [6.45, 7) is 2.40. The quantitative estimate of drug-likeness (QED) is 0.663. The molecule has 1 aliphatic heterocycles. The van der Waals surface area contributed by atoms with Crippen molar-refractivity contribution in [3.8, 4) is 5.75 Å². The highest BCUT2D eigenvalue weighted by atomic mass is 19.1. The van der Waals surface area contributed by atoms with E-state index in [2.05, 4.69) is 14.9 Å². The van der Waals surface area contributed by atoms with Crippen LogP contribution in [0.4, 0.5) is 4.39 Å². The van der Waals surface area contributed by atoms with Crippen LogP contribution in [-0.4, -0.2) is 41.2 Å². The molecule has 7 heteroatoms. The molecule has 0 amide bonds. The number of para-hydroxylation sites is 1. The van der Waals surface area contributed by atoms with Crippen LogP contribution in [0.2, 0.25) is 0 Å². The van der Waals surface area contributed by atoms with Crippen LogP contribution < -0.4 is 10.3 Å². The number of benzene rings is 2. The highest BCUT2D eigenvalue weighted by Crippen LogP contribution is 2.21. The van der Waals surface area contributed by atoms with Crippen molar-refractivity contribution in [3.05, 3.63) is 70.0 Å². The van der Waals surface area contributed by atoms with E-state index in [-0.39, 0.29) is 23.2 Å². The molecule has 0 radical (unpaired) electrons. The second-order valence-corrected chi connectivity index (χ2v) is 7.30. The van der Waals surface area contributed by atoms with Gasteiger partial charge in [-0.15, -0.1) is 0 Å². The second-order valence-electron chi connectivity index (χ2n) is 7.30. The van der Waals surface area contributed by atoms with Gasteiger partial charge in [-0.1, -0.05) is 18.2 Å². The lowest BCUT2D eigenvalue weighted by Gasteiger charge is -2.25. The first kappa shape index (κ1) is 19.5. The molecular weight excluding hydrogens is 373 g/mol. The summed E-state index contributed by atoms with van der Waals surface area (Å²) < 4.78 is 24.9. The number of rotatable bonds is 7. The maximum absolute atomic E-state index is 14.1. The number of halogens is 1. The van der Waals surface area contributed by atoms with Crippen molar-refractivity contribution >= 4 is 10.9 Å². The Hall–Kier alpha value is -2.77. The average molecular weight is 397 g/mol. The normalized spacial score (nSPS) is 16.6. The molecule has 1 atom stereocenters. The van der Waals surface area contributed by atoms with E-state index in [1.54, 1.807) is 12.1 Å². The van der Waals surface area contributed by atoms with Gasteiger partial charge in [-0.25, -0.2) is 9.37 Å². The van der Waals surface area contributed by atoms with Crippen LogP contribution in [0.15, 0.2) is 47.3 Å². The van der Waals surface area contributed by atoms with Gasteiger partial charge in [0.2, 0.25) is 0 Å². The molecule has 29 heavy (non-hydrogen) atoms. The number of nitrogens with one attached hydrogen (secondary N) is 1. The van der Waals surface area contributed by atoms with E-state index in [1.807, 2.05) is 24.3 Å². The Morgan fingerprint density at radius 3 is 2.90 bits per heavy atom. The third-order valence-corrected chi connectivity index (χ3v) is 5.14. The lowest BCUT2D eigenvalue weighted by atomic mass is 10.1. The van der Waals surface area contributed by atoms with Crippen molar-refractivity contribution in [3.63, 3.8) is 0 Å². The molecular formula is C22H24FN3O3. The summed E-state index contributed by atoms with van der Waals surface area (Å²) in [6, 6.07) is 12.2. The maximum Gasteiger partial charge on any atom is 0.258 e. The largest absolute Gasteiger partial charge is 0.494 e. The molecule has 0 spiro atoms. The number of ether oxygens (including phenoxy) is 2. The van der Waals surface area contributed by atoms with Crippen molar-refractivity contribution in [1.82, 2.24) is 14.9 Å². The van der Waals surface area contributed by atoms with Crippen LogP contribution in [0.3, 0.4) is 0 Å². The molecule has 0 aliphatic carbocycles. The Morgan fingerprint density at radius 1 is 1.28 bits per heavy atom. The zero-order chi connectivity index (χ0) is 20.2. The molecule has 2 heterocycles. The third-order valence-electron chi connectivity index (χ3n) is 5.14. The first-order valence-corrected chi connectivity index (χ1v) is 9.76. The molecule has 1 fully saturated rings. The van der Waals surface area contributed by atoms with Crippen molar-refractivity contribution in [2.45, 2.75) is 32.0 Å². The number of hydrogen-bond donors (Lipinski definition) is 1. The Labute approximate surface area is 168 Å². The van der Waals surface area contributed by atoms with Gasteiger partial charge in [-0.3, -0.25) is 9.69 Å². The molecule has 2 aromatic carbocycles. The zero-order valence-electron chi connectivity index (χ0n) is 16.4. The highest BCUT2D eigenvalue weighted by Gasteiger charge is 2.21. The molecule has 0 saturated carbocycles. The van der Waals surface area contributed by atoms with Crippen molar-refractivity contribution in [2.75, 3.05) is 20.3 Å². The van der Waals surface area contributed by atoms with Gasteiger partial charge in [-0.05, 0) is 42.7 Å². The van der Waals surface area contributed by atoms with Crippen LogP contribution >= 0.6 is 0 Å². The molecule has 6 nitrogen and oxygen atoms in total. The van der Waals surface area contributed by atoms with Crippen molar-refractivity contribution < 1.29 is 13.9 Å². The van der Waals surface area contributed by atoms with Crippen LogP contribution in [0, 0.1) is 5.82 Å². The molecule has 0 unspecified atom stereocenters. The number of aromatic nitrogens is 2. The van der Waals surface area contributed by atoms with Gasteiger partial charge in [0, 0.05) is 19.7 Å². The number of aromatic amines is 1. The van der Waals surface area contributed by atoms with Crippen molar-refractivity contribution in [1.29, 1.82) is 0 Å². The SMILES string of the molecule is COc1ccc(CN(Cc2nc3ccccc3c(=O)[nH]2)C[C@H]2CCCO2)cc1F. The van der Waals surface area contributed by atoms with Crippen LogP contribution in [0.1, 0.15) is 24.2 Å². The fourth-order valence-electron chi connectivity index (χ4n) is 3.75. The van der Waals surface area contributed by atoms with E-state index in [9.17, 15) is 9.18 Å². The zero-order valence-corrected chi connectivity index (χ0v) is 16.4. The van der Waals surface area contributed by atoms with Crippen LogP contribution in [-0.2, 0) is 17.8 Å². The van der Waals surface area contributed by atoms with E-state index in [4.69, 9.17) is 9.47 Å². The molecule has 1 aliphatic rings. The fourth-order valence-corrected chi connectivity index (χ4v) is 3.75. The molecule has 3 aromatic rings. The summed E-state index contributed by atoms with van der Waals surface area (Å²) in [7, 11) is 1.45. The predicted molar refractivity (Wildman–Crippen MR) is 108 cm³/mol. The average Bonchev–Trinajstić information content (AvgIpc) is 3.21. The smallest absolute Gasteiger partial charge is 0.258 e. The third kappa shape index (κ3) is 4.63. The van der Waals surface area contributed by atoms with Gasteiger partial charge in [0.05, 0.1) is 30.7 Å². The molecule has 0 bridgehead atoms. The van der Waals surface area contributed by atoms with Gasteiger partial charge in [0.25, 0.3) is 5.56 Å². The fraction of sp³-hybridized carbons (Fsp3) is 0.364. The van der Waals surface area contributed by atoms with E-state index in [0.717, 1.165) is 25.0 Å². The molecule has 4 rings (SSSR count). The van der Waals surface area contributed by atoms with Gasteiger partial charge in [0.15, 0.2) is 11.6 Å². The van der Waals surface area contributed by atoms with E-state index >= 15 is 0 Å². The summed E-state index contributed by atoms with van der Waals surface area (Å²) >= 11 is 0. The summed E-state index contributed by atoms with van der Waals surface area (Å²) in [4.78, 5) is 22.0. The van der Waals surface area contributed by atoms with E-state index < -0.39 is 0 Å². The summed E-state index contributed by atoms with van der Waals surface area (Å²) in [5, 5.41) is 0.569. The van der Waals surface area contributed by atoms with Crippen LogP contribution in [0.25, 0.3) is 10.9 Å². The lowest BCUT2D eigenvalue weighted by Crippen LogP contribution is -2.32. The molecule has 152 valence electrons. The Morgan fingerprint density at radius 2 is 2.14 bits per heavy atom. The van der Waals surface area contributed by atoms with Gasteiger partial charge < -0.3 is 14.5 Å². The van der Waals surface area contributed by atoms with Gasteiger partial charge in [0.1, 0.15) is 5.82 Å². The number of nitrogens with zero attached hydrogens (tertiary/aromatic N) is 2. The predicted octanol–water partition coefficient (Wildman–Crippen LogP) is 3.25. The first-order valence-electron chi connectivity index (χ1n) is 9.76. The number of fused-ring (bicyclic) bond motifs is 1. The lowest BCUT2D eigenvalue weighted by molar-refractivity contribution is 0.0670. The van der Waals surface area contributed by atoms with Gasteiger partial charge in [-0.2, -0.15) is 0 Å². The number of H-pyrrole nitrogens is 1. The molecule has 1 saturated heterocycles. The molecule has 1 aromatic heterocycles. The topological polar surface area (TPSA) is 67.5 Å². The standard InChI is InChI=1S/C22H24FN3O3/c1-28-20-9-8-15(11-18(20)23)12-26(13-16-5-4-10-29-16)14-21-24-19-7-3-2-6-17(19)22(27)25-21/h2-3,6-9,11,16H,4-5,10,12-14H2,1H3,(H,24,25,27)/t16-/m1/s1. The highest BCUT2D eigenvalue weighted by molar-refractivity contribution is 5.77. The second kappa shape index (κ2) is 8.71. The monoisotopic (exact) mass is 397 g/mol. The molecule has 1 N–H and O–H groups in total. The minimum atomic E-state index is -0.390. The Kier molecular flexibility index (Phi) is 5.87. The van der Waals surface area contributed by atoms with Crippen LogP contribution in [0.5, 0.6) is 5.75 Å². The van der Waals surface area contributed by atoms with E-state index in [0.29, 0.717) is 36.4 Å². The maximum atomic E-state index is 14.1. The van der Waals surface area contributed by atoms with Gasteiger partial charge >= 0.3 is 0 Å². The summed E-state index contributed by atoms with van der Waals surface area (Å²) in [5.74, 6) is 0.417. The minimum Gasteiger partial charge on any atom is -0.494 e. The Bertz CT molecular complexity index is 1050. The first-order chi connectivity index (χ1) is 14.1. The minimum absolute atomic E-state index is 0.130.